The topological polar surface area (TPSA) is 53.7 Å². The summed E-state index contributed by atoms with van der Waals surface area (Å²) in [5, 5.41) is 0. The molecule has 1 aromatic rings. The average Bonchev–Trinajstić information content (AvgIpc) is 3.08. The van der Waals surface area contributed by atoms with Crippen LogP contribution < -0.4 is 15.2 Å². The molecule has 2 N–H and O–H groups in total. The molecule has 4 heteroatoms. The monoisotopic (exact) mass is 237 g/mol. The van der Waals surface area contributed by atoms with Crippen molar-refractivity contribution in [2.45, 2.75) is 25.0 Å². The molecule has 4 nitrogen and oxygen atoms in total. The van der Waals surface area contributed by atoms with Crippen LogP contribution in [-0.4, -0.2) is 21.3 Å². The number of methoxy groups -OCH3 is 3. The fraction of sp³-hybridized carbons (Fsp3) is 0.538. The predicted octanol–water partition coefficient (Wildman–Crippen LogP) is 1.80. The van der Waals surface area contributed by atoms with Crippen molar-refractivity contribution in [1.29, 1.82) is 0 Å². The van der Waals surface area contributed by atoms with Crippen LogP contribution in [0.4, 0.5) is 0 Å². The van der Waals surface area contributed by atoms with Crippen LogP contribution in [0, 0.1) is 0 Å². The molecule has 0 saturated heterocycles. The van der Waals surface area contributed by atoms with E-state index in [1.165, 1.54) is 0 Å². The van der Waals surface area contributed by atoms with Gasteiger partial charge in [-0.2, -0.15) is 0 Å². The highest BCUT2D eigenvalue weighted by Gasteiger charge is 2.44. The summed E-state index contributed by atoms with van der Waals surface area (Å²) < 4.78 is 16.0. The van der Waals surface area contributed by atoms with Crippen LogP contribution in [0.5, 0.6) is 11.5 Å². The maximum absolute atomic E-state index is 6.31. The van der Waals surface area contributed by atoms with E-state index in [4.69, 9.17) is 19.9 Å². The van der Waals surface area contributed by atoms with E-state index in [0.717, 1.165) is 35.5 Å². The van der Waals surface area contributed by atoms with Crippen molar-refractivity contribution < 1.29 is 14.2 Å². The first-order valence-electron chi connectivity index (χ1n) is 5.68. The fourth-order valence-corrected chi connectivity index (χ4v) is 2.19. The van der Waals surface area contributed by atoms with E-state index in [2.05, 4.69) is 0 Å². The van der Waals surface area contributed by atoms with Gasteiger partial charge < -0.3 is 19.9 Å². The molecule has 0 aliphatic heterocycles. The summed E-state index contributed by atoms with van der Waals surface area (Å²) in [5.41, 5.74) is 8.06. The molecule has 0 unspecified atom stereocenters. The third-order valence-electron chi connectivity index (χ3n) is 3.25. The van der Waals surface area contributed by atoms with Crippen LogP contribution in [0.1, 0.15) is 24.0 Å². The summed E-state index contributed by atoms with van der Waals surface area (Å²) >= 11 is 0. The minimum Gasteiger partial charge on any atom is -0.496 e. The molecule has 17 heavy (non-hydrogen) atoms. The van der Waals surface area contributed by atoms with Crippen molar-refractivity contribution in [2.75, 3.05) is 21.3 Å². The minimum atomic E-state index is -0.270. The Balaban J connectivity index is 2.56. The van der Waals surface area contributed by atoms with Crippen molar-refractivity contribution in [3.63, 3.8) is 0 Å². The van der Waals surface area contributed by atoms with Crippen molar-refractivity contribution in [1.82, 2.24) is 0 Å². The molecule has 1 fully saturated rings. The second-order valence-corrected chi connectivity index (χ2v) is 4.41. The molecule has 0 atom stereocenters. The van der Waals surface area contributed by atoms with E-state index in [0.29, 0.717) is 6.61 Å². The Morgan fingerprint density at radius 1 is 1.12 bits per heavy atom. The lowest BCUT2D eigenvalue weighted by Crippen LogP contribution is -2.22. The smallest absolute Gasteiger partial charge is 0.124 e. The van der Waals surface area contributed by atoms with E-state index in [9.17, 15) is 0 Å². The normalized spacial score (nSPS) is 16.7. The first kappa shape index (κ1) is 12.2. The lowest BCUT2D eigenvalue weighted by molar-refractivity contribution is 0.179. The van der Waals surface area contributed by atoms with E-state index in [1.807, 2.05) is 12.1 Å². The molecular weight excluding hydrogens is 218 g/mol. The van der Waals surface area contributed by atoms with Gasteiger partial charge in [0.25, 0.3) is 0 Å². The number of hydrogen-bond acceptors (Lipinski definition) is 4. The summed E-state index contributed by atoms with van der Waals surface area (Å²) in [6.07, 6.45) is 1.96. The van der Waals surface area contributed by atoms with Crippen LogP contribution >= 0.6 is 0 Å². The molecule has 0 spiro atoms. The lowest BCUT2D eigenvalue weighted by atomic mass is 9.97. The van der Waals surface area contributed by atoms with E-state index in [1.54, 1.807) is 21.3 Å². The molecule has 94 valence electrons. The standard InChI is InChI=1S/C13H19NO3/c1-15-8-9-10(16-2)4-5-11(17-3)12(9)13(14)6-7-13/h4-5H,6-8,14H2,1-3H3. The number of hydrogen-bond donors (Lipinski definition) is 1. The van der Waals surface area contributed by atoms with Crippen LogP contribution in [0.3, 0.4) is 0 Å². The highest BCUT2D eigenvalue weighted by Crippen LogP contribution is 2.50. The average molecular weight is 237 g/mol. The zero-order valence-corrected chi connectivity index (χ0v) is 10.6. The lowest BCUT2D eigenvalue weighted by Gasteiger charge is -2.21. The van der Waals surface area contributed by atoms with Crippen molar-refractivity contribution in [3.8, 4) is 11.5 Å². The second-order valence-electron chi connectivity index (χ2n) is 4.41. The molecule has 1 aliphatic carbocycles. The fourth-order valence-electron chi connectivity index (χ4n) is 2.19. The zero-order chi connectivity index (χ0) is 12.5. The van der Waals surface area contributed by atoms with Crippen LogP contribution in [0.2, 0.25) is 0 Å². The Hall–Kier alpha value is -1.26. The van der Waals surface area contributed by atoms with Gasteiger partial charge in [0.05, 0.1) is 20.8 Å². The molecule has 0 aromatic heterocycles. The van der Waals surface area contributed by atoms with Crippen molar-refractivity contribution >= 4 is 0 Å². The first-order valence-corrected chi connectivity index (χ1v) is 5.68. The number of nitrogens with two attached hydrogens (primary N) is 1. The molecule has 1 aromatic carbocycles. The SMILES string of the molecule is COCc1c(OC)ccc(OC)c1C1(N)CC1. The molecule has 0 bridgehead atoms. The molecular formula is C13H19NO3. The van der Waals surface area contributed by atoms with Gasteiger partial charge in [-0.05, 0) is 25.0 Å². The molecule has 0 radical (unpaired) electrons. The van der Waals surface area contributed by atoms with Gasteiger partial charge in [-0.25, -0.2) is 0 Å². The molecule has 1 saturated carbocycles. The third-order valence-corrected chi connectivity index (χ3v) is 3.25. The highest BCUT2D eigenvalue weighted by molar-refractivity contribution is 5.54. The Morgan fingerprint density at radius 2 is 1.71 bits per heavy atom. The molecule has 1 aliphatic rings. The third kappa shape index (κ3) is 2.10. The summed E-state index contributed by atoms with van der Waals surface area (Å²) in [4.78, 5) is 0. The Kier molecular flexibility index (Phi) is 3.26. The summed E-state index contributed by atoms with van der Waals surface area (Å²) in [6.45, 7) is 0.481. The van der Waals surface area contributed by atoms with Gasteiger partial charge in [0.2, 0.25) is 0 Å². The van der Waals surface area contributed by atoms with Gasteiger partial charge in [0.1, 0.15) is 11.5 Å². The quantitative estimate of drug-likeness (QED) is 0.848. The summed E-state index contributed by atoms with van der Waals surface area (Å²) in [5.74, 6) is 1.62. The number of benzene rings is 1. The van der Waals surface area contributed by atoms with Gasteiger partial charge in [0.15, 0.2) is 0 Å². The highest BCUT2D eigenvalue weighted by atomic mass is 16.5. The van der Waals surface area contributed by atoms with Crippen LogP contribution in [0.15, 0.2) is 12.1 Å². The Bertz CT molecular complexity index is 413. The minimum absolute atomic E-state index is 0.270. The van der Waals surface area contributed by atoms with E-state index in [-0.39, 0.29) is 5.54 Å². The Labute approximate surface area is 102 Å². The van der Waals surface area contributed by atoms with Gasteiger partial charge in [-0.15, -0.1) is 0 Å². The maximum Gasteiger partial charge on any atom is 0.124 e. The van der Waals surface area contributed by atoms with E-state index < -0.39 is 0 Å². The van der Waals surface area contributed by atoms with Gasteiger partial charge in [0, 0.05) is 23.8 Å². The Morgan fingerprint density at radius 3 is 2.18 bits per heavy atom. The largest absolute Gasteiger partial charge is 0.496 e. The van der Waals surface area contributed by atoms with E-state index >= 15 is 0 Å². The van der Waals surface area contributed by atoms with Crippen molar-refractivity contribution in [3.05, 3.63) is 23.3 Å². The van der Waals surface area contributed by atoms with Crippen LogP contribution in [0.25, 0.3) is 0 Å². The summed E-state index contributed by atoms with van der Waals surface area (Å²) in [7, 11) is 4.98. The summed E-state index contributed by atoms with van der Waals surface area (Å²) in [6, 6.07) is 3.79. The number of ether oxygens (including phenoxy) is 3. The zero-order valence-electron chi connectivity index (χ0n) is 10.6. The molecule has 2 rings (SSSR count). The van der Waals surface area contributed by atoms with Gasteiger partial charge in [-0.3, -0.25) is 0 Å². The first-order chi connectivity index (χ1) is 8.16. The molecule has 0 heterocycles. The predicted molar refractivity (Wildman–Crippen MR) is 65.4 cm³/mol. The van der Waals surface area contributed by atoms with Crippen molar-refractivity contribution in [2.24, 2.45) is 5.73 Å². The van der Waals surface area contributed by atoms with Crippen LogP contribution in [-0.2, 0) is 16.9 Å². The maximum atomic E-state index is 6.31. The van der Waals surface area contributed by atoms with Gasteiger partial charge in [-0.1, -0.05) is 0 Å². The second kappa shape index (κ2) is 4.55. The van der Waals surface area contributed by atoms with Gasteiger partial charge >= 0.3 is 0 Å². The molecule has 0 amide bonds. The number of rotatable bonds is 5.